The first-order valence-corrected chi connectivity index (χ1v) is 5.26. The van der Waals surface area contributed by atoms with E-state index in [4.69, 9.17) is 24.8 Å². The van der Waals surface area contributed by atoms with Gasteiger partial charge < -0.3 is 24.8 Å². The van der Waals surface area contributed by atoms with Crippen molar-refractivity contribution in [2.24, 2.45) is 5.16 Å². The van der Waals surface area contributed by atoms with Crippen molar-refractivity contribution in [3.05, 3.63) is 0 Å². The number of nitrogens with zero attached hydrogens (tertiary/aromatic N) is 1. The lowest BCUT2D eigenvalue weighted by molar-refractivity contribution is 0.315. The van der Waals surface area contributed by atoms with Crippen LogP contribution in [0, 0.1) is 0 Å². The van der Waals surface area contributed by atoms with Crippen LogP contribution in [0.4, 0.5) is 0 Å². The summed E-state index contributed by atoms with van der Waals surface area (Å²) in [7, 11) is -10.3. The van der Waals surface area contributed by atoms with Gasteiger partial charge in [-0.1, -0.05) is 5.16 Å². The van der Waals surface area contributed by atoms with Crippen molar-refractivity contribution in [2.45, 2.75) is 0 Å². The fraction of sp³-hybridized carbons (Fsp3) is 0. The summed E-state index contributed by atoms with van der Waals surface area (Å²) in [6.45, 7) is 0. The van der Waals surface area contributed by atoms with Gasteiger partial charge in [0.25, 0.3) is 5.19 Å². The quantitative estimate of drug-likeness (QED) is 0.169. The molecular formula is CH5NO7P2. The van der Waals surface area contributed by atoms with Crippen molar-refractivity contribution in [3.63, 3.8) is 0 Å². The second kappa shape index (κ2) is 3.02. The molecule has 11 heavy (non-hydrogen) atoms. The first-order chi connectivity index (χ1) is 4.69. The molecule has 0 rings (SSSR count). The van der Waals surface area contributed by atoms with Crippen LogP contribution in [-0.2, 0) is 9.13 Å². The van der Waals surface area contributed by atoms with Gasteiger partial charge in [0, 0.05) is 0 Å². The van der Waals surface area contributed by atoms with Crippen LogP contribution in [0.5, 0.6) is 0 Å². The van der Waals surface area contributed by atoms with Gasteiger partial charge in [-0.15, -0.1) is 0 Å². The molecule has 0 fully saturated rings. The van der Waals surface area contributed by atoms with Gasteiger partial charge in [0.15, 0.2) is 0 Å². The molecule has 0 aliphatic heterocycles. The van der Waals surface area contributed by atoms with Crippen molar-refractivity contribution < 1.29 is 33.9 Å². The number of hydrogen-bond donors (Lipinski definition) is 5. The molecule has 5 N–H and O–H groups in total. The molecule has 10 heteroatoms. The lowest BCUT2D eigenvalue weighted by Crippen LogP contribution is -2.00. The van der Waals surface area contributed by atoms with E-state index in [0.717, 1.165) is 0 Å². The third-order valence-corrected chi connectivity index (χ3v) is 3.39. The zero-order valence-electron chi connectivity index (χ0n) is 4.89. The Morgan fingerprint density at radius 1 is 1.00 bits per heavy atom. The molecule has 66 valence electrons. The Hall–Kier alpha value is -0.230. The Morgan fingerprint density at radius 3 is 1.27 bits per heavy atom. The molecule has 0 unspecified atom stereocenters. The van der Waals surface area contributed by atoms with E-state index in [1.165, 1.54) is 0 Å². The average molecular weight is 205 g/mol. The van der Waals surface area contributed by atoms with Gasteiger partial charge in [0.2, 0.25) is 0 Å². The highest BCUT2D eigenvalue weighted by Crippen LogP contribution is 2.54. The fourth-order valence-corrected chi connectivity index (χ4v) is 1.88. The van der Waals surface area contributed by atoms with Gasteiger partial charge in [-0.05, 0) is 0 Å². The molecule has 0 aromatic rings. The first kappa shape index (κ1) is 10.8. The van der Waals surface area contributed by atoms with E-state index in [9.17, 15) is 9.13 Å². The van der Waals surface area contributed by atoms with Crippen molar-refractivity contribution >= 4 is 20.4 Å². The number of oxime groups is 1. The van der Waals surface area contributed by atoms with Crippen LogP contribution in [0.2, 0.25) is 0 Å². The molecule has 0 saturated carbocycles. The maximum Gasteiger partial charge on any atom is 0.386 e. The molecule has 0 aliphatic rings. The summed E-state index contributed by atoms with van der Waals surface area (Å²) in [5, 5.41) is 7.79. The van der Waals surface area contributed by atoms with E-state index in [1.807, 2.05) is 5.16 Å². The average Bonchev–Trinajstić information content (AvgIpc) is 1.56. The molecule has 0 heterocycles. The van der Waals surface area contributed by atoms with Crippen LogP contribution >= 0.6 is 15.2 Å². The number of rotatable bonds is 2. The smallest absolute Gasteiger partial charge is 0.386 e. The molecule has 0 aliphatic carbocycles. The zero-order valence-corrected chi connectivity index (χ0v) is 6.68. The minimum Gasteiger partial charge on any atom is -0.410 e. The molecule has 0 amide bonds. The topological polar surface area (TPSA) is 148 Å². The van der Waals surface area contributed by atoms with Crippen molar-refractivity contribution in [2.75, 3.05) is 0 Å². The summed E-state index contributed by atoms with van der Waals surface area (Å²) < 4.78 is 20.2. The molecule has 0 atom stereocenters. The normalized spacial score (nSPS) is 12.7. The van der Waals surface area contributed by atoms with Crippen LogP contribution in [0.3, 0.4) is 0 Å². The van der Waals surface area contributed by atoms with E-state index in [-0.39, 0.29) is 0 Å². The van der Waals surface area contributed by atoms with Crippen LogP contribution in [0.15, 0.2) is 5.16 Å². The Balaban J connectivity index is 5.07. The lowest BCUT2D eigenvalue weighted by Gasteiger charge is -2.05. The standard InChI is InChI=1S/CH5NO7P2/c3-2-1(10(4,5)6)11(7,8)9/h3H,(H2,4,5,6)(H2,7,8,9). The summed E-state index contributed by atoms with van der Waals surface area (Å²) in [5.41, 5.74) is 0. The van der Waals surface area contributed by atoms with Crippen molar-refractivity contribution in [1.29, 1.82) is 0 Å². The predicted octanol–water partition coefficient (Wildman–Crippen LogP) is -0.913. The summed E-state index contributed by atoms with van der Waals surface area (Å²) in [5.74, 6) is 0. The van der Waals surface area contributed by atoms with E-state index in [1.54, 1.807) is 0 Å². The minimum absolute atomic E-state index is 1.82. The Labute approximate surface area is 60.5 Å². The van der Waals surface area contributed by atoms with Crippen molar-refractivity contribution in [3.8, 4) is 0 Å². The summed E-state index contributed by atoms with van der Waals surface area (Å²) in [4.78, 5) is 32.6. The molecule has 0 spiro atoms. The third kappa shape index (κ3) is 3.11. The van der Waals surface area contributed by atoms with Crippen molar-refractivity contribution in [1.82, 2.24) is 0 Å². The third-order valence-electron chi connectivity index (χ3n) is 0.611. The monoisotopic (exact) mass is 205 g/mol. The molecule has 8 nitrogen and oxygen atoms in total. The molecule has 0 bridgehead atoms. The summed E-state index contributed by atoms with van der Waals surface area (Å²) in [6, 6.07) is 0. The minimum atomic E-state index is -5.16. The highest BCUT2D eigenvalue weighted by molar-refractivity contribution is 7.97. The van der Waals surface area contributed by atoms with E-state index in [0.29, 0.717) is 0 Å². The van der Waals surface area contributed by atoms with E-state index in [2.05, 4.69) is 0 Å². The van der Waals surface area contributed by atoms with Gasteiger partial charge in [0.1, 0.15) is 0 Å². The van der Waals surface area contributed by atoms with Gasteiger partial charge in [-0.3, -0.25) is 9.13 Å². The lowest BCUT2D eigenvalue weighted by atomic mass is 11.7. The molecule has 0 aromatic heterocycles. The van der Waals surface area contributed by atoms with Crippen LogP contribution in [0.25, 0.3) is 0 Å². The highest BCUT2D eigenvalue weighted by Gasteiger charge is 2.39. The summed E-state index contributed by atoms with van der Waals surface area (Å²) in [6.07, 6.45) is 0. The van der Waals surface area contributed by atoms with Crippen LogP contribution in [0.1, 0.15) is 0 Å². The fourth-order valence-electron chi connectivity index (χ4n) is 0.286. The van der Waals surface area contributed by atoms with E-state index < -0.39 is 20.4 Å². The molecular weight excluding hydrogens is 200 g/mol. The van der Waals surface area contributed by atoms with Gasteiger partial charge >= 0.3 is 15.2 Å². The molecule has 0 aromatic carbocycles. The van der Waals surface area contributed by atoms with Gasteiger partial charge in [-0.2, -0.15) is 0 Å². The molecule has 0 radical (unpaired) electrons. The predicted molar refractivity (Wildman–Crippen MR) is 33.3 cm³/mol. The van der Waals surface area contributed by atoms with E-state index >= 15 is 0 Å². The maximum atomic E-state index is 10.1. The number of hydrogen-bond acceptors (Lipinski definition) is 4. The Kier molecular flexibility index (Phi) is 2.96. The second-order valence-corrected chi connectivity index (χ2v) is 4.86. The second-order valence-electron chi connectivity index (χ2n) is 1.49. The van der Waals surface area contributed by atoms with Crippen LogP contribution < -0.4 is 0 Å². The SMILES string of the molecule is O=P(O)(O)C(=NO)P(=O)(O)O. The molecule has 0 saturated heterocycles. The Morgan fingerprint density at radius 2 is 1.27 bits per heavy atom. The largest absolute Gasteiger partial charge is 0.410 e. The zero-order chi connectivity index (χ0) is 9.28. The van der Waals surface area contributed by atoms with Gasteiger partial charge in [-0.25, -0.2) is 0 Å². The summed E-state index contributed by atoms with van der Waals surface area (Å²) >= 11 is 0. The first-order valence-electron chi connectivity index (χ1n) is 2.04. The van der Waals surface area contributed by atoms with Crippen LogP contribution in [-0.4, -0.2) is 30.0 Å². The highest BCUT2D eigenvalue weighted by atomic mass is 31.2. The Bertz CT molecular complexity index is 232. The van der Waals surface area contributed by atoms with Gasteiger partial charge in [0.05, 0.1) is 0 Å². The maximum absolute atomic E-state index is 10.1.